The summed E-state index contributed by atoms with van der Waals surface area (Å²) in [6.45, 7) is 4.65. The molecule has 0 unspecified atom stereocenters. The van der Waals surface area contributed by atoms with Crippen LogP contribution in [0.5, 0.6) is 5.75 Å². The Hall–Kier alpha value is -2.00. The van der Waals surface area contributed by atoms with Crippen molar-refractivity contribution in [2.45, 2.75) is 6.54 Å². The molecule has 0 aliphatic rings. The summed E-state index contributed by atoms with van der Waals surface area (Å²) in [5.41, 5.74) is 1.77. The quantitative estimate of drug-likeness (QED) is 0.782. The normalized spacial score (nSPS) is 10.1. The van der Waals surface area contributed by atoms with E-state index in [0.717, 1.165) is 17.0 Å². The highest BCUT2D eigenvalue weighted by molar-refractivity contribution is 6.31. The first kappa shape index (κ1) is 14.4. The lowest BCUT2D eigenvalue weighted by molar-refractivity contribution is 0.359. The molecular formula is C16H15ClFNO. The van der Waals surface area contributed by atoms with Gasteiger partial charge in [-0.3, -0.25) is 0 Å². The van der Waals surface area contributed by atoms with Crippen molar-refractivity contribution >= 4 is 17.3 Å². The van der Waals surface area contributed by atoms with Crippen LogP contribution in [0, 0.1) is 5.82 Å². The zero-order valence-electron chi connectivity index (χ0n) is 10.9. The maximum Gasteiger partial charge on any atom is 0.141 e. The lowest BCUT2D eigenvalue weighted by atomic mass is 10.2. The Morgan fingerprint density at radius 3 is 2.80 bits per heavy atom. The lowest BCUT2D eigenvalue weighted by Crippen LogP contribution is -2.03. The van der Waals surface area contributed by atoms with E-state index >= 15 is 0 Å². The van der Waals surface area contributed by atoms with E-state index in [1.54, 1.807) is 18.2 Å². The second-order valence-electron chi connectivity index (χ2n) is 4.19. The summed E-state index contributed by atoms with van der Waals surface area (Å²) in [6, 6.07) is 12.3. The van der Waals surface area contributed by atoms with E-state index in [-0.39, 0.29) is 5.02 Å². The Morgan fingerprint density at radius 2 is 2.05 bits per heavy atom. The van der Waals surface area contributed by atoms with Crippen molar-refractivity contribution in [3.05, 3.63) is 71.5 Å². The van der Waals surface area contributed by atoms with Crippen LogP contribution in [0.1, 0.15) is 5.56 Å². The molecule has 0 atom stereocenters. The number of ether oxygens (including phenoxy) is 1. The molecule has 0 spiro atoms. The molecule has 104 valence electrons. The maximum absolute atomic E-state index is 13.1. The van der Waals surface area contributed by atoms with Crippen molar-refractivity contribution < 1.29 is 9.13 Å². The Balaban J connectivity index is 2.06. The van der Waals surface area contributed by atoms with Gasteiger partial charge in [0.25, 0.3) is 0 Å². The second-order valence-corrected chi connectivity index (χ2v) is 4.60. The molecule has 0 saturated heterocycles. The van der Waals surface area contributed by atoms with Gasteiger partial charge < -0.3 is 10.1 Å². The molecule has 2 aromatic rings. The molecule has 0 bridgehead atoms. The van der Waals surface area contributed by atoms with E-state index in [1.807, 2.05) is 24.3 Å². The van der Waals surface area contributed by atoms with Crippen molar-refractivity contribution in [1.29, 1.82) is 0 Å². The van der Waals surface area contributed by atoms with Gasteiger partial charge in [-0.25, -0.2) is 4.39 Å². The van der Waals surface area contributed by atoms with Crippen molar-refractivity contribution in [3.63, 3.8) is 0 Å². The van der Waals surface area contributed by atoms with Gasteiger partial charge in [0.15, 0.2) is 0 Å². The number of nitrogens with one attached hydrogen (secondary N) is 1. The molecule has 0 aromatic heterocycles. The minimum atomic E-state index is -0.424. The zero-order valence-corrected chi connectivity index (χ0v) is 11.7. The van der Waals surface area contributed by atoms with Gasteiger partial charge in [0.1, 0.15) is 18.2 Å². The molecule has 0 heterocycles. The van der Waals surface area contributed by atoms with Crippen LogP contribution in [0.25, 0.3) is 0 Å². The molecule has 0 aliphatic carbocycles. The Bertz CT molecular complexity index is 601. The topological polar surface area (TPSA) is 21.3 Å². The summed E-state index contributed by atoms with van der Waals surface area (Å²) < 4.78 is 18.6. The molecule has 2 aromatic carbocycles. The predicted octanol–water partition coefficient (Wildman–Crippen LogP) is 4.66. The molecule has 20 heavy (non-hydrogen) atoms. The fourth-order valence-corrected chi connectivity index (χ4v) is 1.92. The summed E-state index contributed by atoms with van der Waals surface area (Å²) >= 11 is 5.74. The van der Waals surface area contributed by atoms with Crippen LogP contribution >= 0.6 is 11.6 Å². The minimum Gasteiger partial charge on any atom is -0.489 e. The summed E-state index contributed by atoms with van der Waals surface area (Å²) in [4.78, 5) is 0. The number of hydrogen-bond donors (Lipinski definition) is 1. The van der Waals surface area contributed by atoms with Crippen LogP contribution in [0.15, 0.2) is 55.1 Å². The molecule has 4 heteroatoms. The van der Waals surface area contributed by atoms with Crippen molar-refractivity contribution in [2.24, 2.45) is 0 Å². The first-order chi connectivity index (χ1) is 9.70. The van der Waals surface area contributed by atoms with E-state index in [1.165, 1.54) is 6.07 Å². The Labute approximate surface area is 122 Å². The molecule has 2 rings (SSSR count). The number of rotatable bonds is 6. The second kappa shape index (κ2) is 6.96. The zero-order chi connectivity index (χ0) is 14.4. The van der Waals surface area contributed by atoms with Gasteiger partial charge in [-0.15, -0.1) is 0 Å². The van der Waals surface area contributed by atoms with Crippen LogP contribution in [0.3, 0.4) is 0 Å². The minimum absolute atomic E-state index is 0.103. The third kappa shape index (κ3) is 3.75. The standard InChI is InChI=1S/C16H15ClFNO/c1-2-9-20-16-6-4-3-5-12(16)11-19-13-7-8-15(18)14(17)10-13/h2-8,10,19H,1,9,11H2. The van der Waals surface area contributed by atoms with Crippen LogP contribution in [-0.4, -0.2) is 6.61 Å². The first-order valence-corrected chi connectivity index (χ1v) is 6.59. The smallest absolute Gasteiger partial charge is 0.141 e. The van der Waals surface area contributed by atoms with Gasteiger partial charge >= 0.3 is 0 Å². The SMILES string of the molecule is C=CCOc1ccccc1CNc1ccc(F)c(Cl)c1. The van der Waals surface area contributed by atoms with Gasteiger partial charge in [-0.2, -0.15) is 0 Å². The summed E-state index contributed by atoms with van der Waals surface area (Å²) in [5.74, 6) is 0.375. The Morgan fingerprint density at radius 1 is 1.25 bits per heavy atom. The highest BCUT2D eigenvalue weighted by Gasteiger charge is 2.04. The maximum atomic E-state index is 13.1. The monoisotopic (exact) mass is 291 g/mol. The van der Waals surface area contributed by atoms with Crippen LogP contribution in [0.2, 0.25) is 5.02 Å². The highest BCUT2D eigenvalue weighted by Crippen LogP contribution is 2.22. The third-order valence-electron chi connectivity index (χ3n) is 2.73. The van der Waals surface area contributed by atoms with Gasteiger partial charge in [0.2, 0.25) is 0 Å². The fourth-order valence-electron chi connectivity index (χ4n) is 1.74. The molecule has 0 amide bonds. The summed E-state index contributed by atoms with van der Waals surface area (Å²) in [6.07, 6.45) is 1.70. The molecule has 0 saturated carbocycles. The van der Waals surface area contributed by atoms with E-state index in [0.29, 0.717) is 13.2 Å². The number of hydrogen-bond acceptors (Lipinski definition) is 2. The van der Waals surface area contributed by atoms with Gasteiger partial charge in [-0.05, 0) is 24.3 Å². The van der Waals surface area contributed by atoms with Crippen molar-refractivity contribution in [1.82, 2.24) is 0 Å². The molecule has 1 N–H and O–H groups in total. The molecule has 2 nitrogen and oxygen atoms in total. The summed E-state index contributed by atoms with van der Waals surface area (Å²) in [7, 11) is 0. The largest absolute Gasteiger partial charge is 0.489 e. The van der Waals surface area contributed by atoms with E-state index in [9.17, 15) is 4.39 Å². The Kier molecular flexibility index (Phi) is 5.02. The van der Waals surface area contributed by atoms with Crippen LogP contribution in [0.4, 0.5) is 10.1 Å². The third-order valence-corrected chi connectivity index (χ3v) is 3.02. The van der Waals surface area contributed by atoms with Crippen molar-refractivity contribution in [2.75, 3.05) is 11.9 Å². The van der Waals surface area contributed by atoms with Gasteiger partial charge in [0.05, 0.1) is 5.02 Å². The molecule has 0 radical (unpaired) electrons. The van der Waals surface area contributed by atoms with Gasteiger partial charge in [0, 0.05) is 17.8 Å². The molecule has 0 fully saturated rings. The molecular weight excluding hydrogens is 277 g/mol. The number of anilines is 1. The van der Waals surface area contributed by atoms with E-state index < -0.39 is 5.82 Å². The van der Waals surface area contributed by atoms with Crippen LogP contribution in [-0.2, 0) is 6.54 Å². The number of halogens is 2. The summed E-state index contributed by atoms with van der Waals surface area (Å²) in [5, 5.41) is 3.29. The average molecular weight is 292 g/mol. The predicted molar refractivity (Wildman–Crippen MR) is 80.9 cm³/mol. The highest BCUT2D eigenvalue weighted by atomic mass is 35.5. The first-order valence-electron chi connectivity index (χ1n) is 6.21. The van der Waals surface area contributed by atoms with Crippen LogP contribution < -0.4 is 10.1 Å². The van der Waals surface area contributed by atoms with E-state index in [4.69, 9.17) is 16.3 Å². The fraction of sp³-hybridized carbons (Fsp3) is 0.125. The number of benzene rings is 2. The van der Waals surface area contributed by atoms with E-state index in [2.05, 4.69) is 11.9 Å². The van der Waals surface area contributed by atoms with Gasteiger partial charge in [-0.1, -0.05) is 42.5 Å². The molecule has 0 aliphatic heterocycles. The average Bonchev–Trinajstić information content (AvgIpc) is 2.47. The lowest BCUT2D eigenvalue weighted by Gasteiger charge is -2.12. The van der Waals surface area contributed by atoms with Crippen molar-refractivity contribution in [3.8, 4) is 5.75 Å². The number of para-hydroxylation sites is 1.